The Balaban J connectivity index is 2.16. The van der Waals surface area contributed by atoms with Gasteiger partial charge in [-0.15, -0.1) is 11.3 Å². The average Bonchev–Trinajstić information content (AvgIpc) is 2.64. The maximum Gasteiger partial charge on any atom is 0.0798 e. The number of thiophene rings is 1. The van der Waals surface area contributed by atoms with E-state index in [4.69, 9.17) is 0 Å². The van der Waals surface area contributed by atoms with Crippen LogP contribution in [0.1, 0.15) is 57.1 Å². The zero-order chi connectivity index (χ0) is 11.1. The van der Waals surface area contributed by atoms with E-state index in [0.29, 0.717) is 0 Å². The Bertz CT molecular complexity index is 272. The van der Waals surface area contributed by atoms with Crippen molar-refractivity contribution in [3.8, 4) is 0 Å². The first-order valence-electron chi connectivity index (χ1n) is 5.66. The maximum atomic E-state index is 9.89. The third kappa shape index (κ3) is 5.31. The predicted molar refractivity (Wildman–Crippen MR) is 75.4 cm³/mol. The second kappa shape index (κ2) is 7.63. The van der Waals surface area contributed by atoms with Gasteiger partial charge in [0, 0.05) is 0 Å². The Labute approximate surface area is 110 Å². The van der Waals surface area contributed by atoms with E-state index >= 15 is 0 Å². The van der Waals surface area contributed by atoms with E-state index in [1.807, 2.05) is 0 Å². The molecule has 1 unspecified atom stereocenters. The van der Waals surface area contributed by atoms with Crippen molar-refractivity contribution in [2.75, 3.05) is 0 Å². The van der Waals surface area contributed by atoms with Crippen molar-refractivity contribution in [2.24, 2.45) is 0 Å². The van der Waals surface area contributed by atoms with Crippen LogP contribution in [-0.2, 0) is 0 Å². The summed E-state index contributed by atoms with van der Waals surface area (Å²) in [5.74, 6) is 0. The fourth-order valence-corrected chi connectivity index (χ4v) is 3.02. The summed E-state index contributed by atoms with van der Waals surface area (Å²) in [5, 5.41) is 12.0. The van der Waals surface area contributed by atoms with Crippen molar-refractivity contribution in [1.29, 1.82) is 0 Å². The highest BCUT2D eigenvalue weighted by atomic mass is 127. The molecule has 0 amide bonds. The first kappa shape index (κ1) is 13.5. The molecular formula is C12H19IOS. The second-order valence-electron chi connectivity index (χ2n) is 3.90. The van der Waals surface area contributed by atoms with Crippen LogP contribution in [0.2, 0.25) is 0 Å². The molecule has 1 heterocycles. The second-order valence-corrected chi connectivity index (χ2v) is 6.71. The number of aliphatic hydroxyl groups excluding tert-OH is 1. The van der Waals surface area contributed by atoms with Crippen LogP contribution in [0.15, 0.2) is 11.4 Å². The van der Waals surface area contributed by atoms with Gasteiger partial charge in [-0.2, -0.15) is 0 Å². The lowest BCUT2D eigenvalue weighted by Gasteiger charge is -2.07. The zero-order valence-electron chi connectivity index (χ0n) is 9.21. The normalized spacial score (nSPS) is 13.0. The van der Waals surface area contributed by atoms with E-state index < -0.39 is 0 Å². The van der Waals surface area contributed by atoms with Crippen molar-refractivity contribution in [3.63, 3.8) is 0 Å². The molecule has 1 aromatic rings. The van der Waals surface area contributed by atoms with Gasteiger partial charge in [0.15, 0.2) is 0 Å². The van der Waals surface area contributed by atoms with Crippen molar-refractivity contribution in [1.82, 2.24) is 0 Å². The van der Waals surface area contributed by atoms with Gasteiger partial charge in [-0.1, -0.05) is 39.0 Å². The molecule has 0 radical (unpaired) electrons. The fourth-order valence-electron chi connectivity index (χ4n) is 1.61. The van der Waals surface area contributed by atoms with Gasteiger partial charge >= 0.3 is 0 Å². The quantitative estimate of drug-likeness (QED) is 0.562. The first-order chi connectivity index (χ1) is 7.24. The molecule has 0 aliphatic heterocycles. The van der Waals surface area contributed by atoms with E-state index in [9.17, 15) is 5.11 Å². The highest BCUT2D eigenvalue weighted by Gasteiger charge is 2.08. The molecule has 0 spiro atoms. The van der Waals surface area contributed by atoms with Crippen LogP contribution < -0.4 is 0 Å². The Morgan fingerprint density at radius 2 is 2.07 bits per heavy atom. The Hall–Kier alpha value is 0.390. The highest BCUT2D eigenvalue weighted by Crippen LogP contribution is 2.25. The summed E-state index contributed by atoms with van der Waals surface area (Å²) in [6.45, 7) is 2.22. The summed E-state index contributed by atoms with van der Waals surface area (Å²) in [4.78, 5) is 0. The molecular weight excluding hydrogens is 319 g/mol. The predicted octanol–water partition coefficient (Wildman–Crippen LogP) is 4.75. The molecule has 1 N–H and O–H groups in total. The third-order valence-electron chi connectivity index (χ3n) is 2.55. The molecule has 86 valence electrons. The molecule has 3 heteroatoms. The van der Waals surface area contributed by atoms with E-state index in [2.05, 4.69) is 41.0 Å². The number of hydrogen-bond donors (Lipinski definition) is 1. The number of hydrogen-bond acceptors (Lipinski definition) is 2. The molecule has 1 aromatic heterocycles. The van der Waals surface area contributed by atoms with Crippen LogP contribution in [-0.4, -0.2) is 5.11 Å². The summed E-state index contributed by atoms with van der Waals surface area (Å²) in [7, 11) is 0. The number of halogens is 1. The summed E-state index contributed by atoms with van der Waals surface area (Å²) >= 11 is 4.00. The molecule has 0 aliphatic carbocycles. The highest BCUT2D eigenvalue weighted by molar-refractivity contribution is 14.1. The van der Waals surface area contributed by atoms with Gasteiger partial charge < -0.3 is 5.11 Å². The van der Waals surface area contributed by atoms with Gasteiger partial charge in [0.1, 0.15) is 0 Å². The van der Waals surface area contributed by atoms with Crippen molar-refractivity contribution in [3.05, 3.63) is 19.9 Å². The molecule has 1 rings (SSSR count). The monoisotopic (exact) mass is 338 g/mol. The first-order valence-corrected chi connectivity index (χ1v) is 7.62. The molecule has 0 fully saturated rings. The van der Waals surface area contributed by atoms with Crippen molar-refractivity contribution in [2.45, 2.75) is 51.6 Å². The molecule has 1 atom stereocenters. The van der Waals surface area contributed by atoms with Crippen molar-refractivity contribution >= 4 is 33.9 Å². The largest absolute Gasteiger partial charge is 0.388 e. The van der Waals surface area contributed by atoms with Crippen LogP contribution in [0.5, 0.6) is 0 Å². The maximum absolute atomic E-state index is 9.89. The van der Waals surface area contributed by atoms with Crippen molar-refractivity contribution < 1.29 is 5.11 Å². The molecule has 0 saturated carbocycles. The lowest BCUT2D eigenvalue weighted by atomic mass is 10.0. The van der Waals surface area contributed by atoms with E-state index in [1.54, 1.807) is 11.3 Å². The minimum absolute atomic E-state index is 0.244. The molecule has 0 saturated heterocycles. The number of rotatable bonds is 7. The lowest BCUT2D eigenvalue weighted by molar-refractivity contribution is 0.164. The van der Waals surface area contributed by atoms with Gasteiger partial charge in [-0.25, -0.2) is 0 Å². The average molecular weight is 338 g/mol. The molecule has 1 nitrogen and oxygen atoms in total. The lowest BCUT2D eigenvalue weighted by Crippen LogP contribution is -1.95. The van der Waals surface area contributed by atoms with Gasteiger partial charge in [-0.3, -0.25) is 0 Å². The molecule has 15 heavy (non-hydrogen) atoms. The summed E-state index contributed by atoms with van der Waals surface area (Å²) in [5.41, 5.74) is 1.10. The van der Waals surface area contributed by atoms with Gasteiger partial charge in [0.05, 0.1) is 8.99 Å². The Morgan fingerprint density at radius 1 is 1.33 bits per heavy atom. The van der Waals surface area contributed by atoms with E-state index in [-0.39, 0.29) is 6.10 Å². The van der Waals surface area contributed by atoms with Gasteiger partial charge in [-0.05, 0) is 46.0 Å². The topological polar surface area (TPSA) is 20.2 Å². The van der Waals surface area contributed by atoms with Gasteiger partial charge in [0.25, 0.3) is 0 Å². The van der Waals surface area contributed by atoms with Crippen LogP contribution >= 0.6 is 33.9 Å². The van der Waals surface area contributed by atoms with Crippen LogP contribution in [0.3, 0.4) is 0 Å². The molecule has 0 aliphatic rings. The SMILES string of the molecule is CCCCCCCC(O)c1csc(I)c1. The zero-order valence-corrected chi connectivity index (χ0v) is 12.2. The van der Waals surface area contributed by atoms with E-state index in [0.717, 1.165) is 18.4 Å². The molecule has 0 bridgehead atoms. The minimum atomic E-state index is -0.244. The number of unbranched alkanes of at least 4 members (excludes halogenated alkanes) is 4. The van der Waals surface area contributed by atoms with Crippen LogP contribution in [0.25, 0.3) is 0 Å². The summed E-state index contributed by atoms with van der Waals surface area (Å²) in [6, 6.07) is 2.09. The molecule has 0 aromatic carbocycles. The third-order valence-corrected chi connectivity index (χ3v) is 4.36. The summed E-state index contributed by atoms with van der Waals surface area (Å²) < 4.78 is 1.26. The number of aliphatic hydroxyl groups is 1. The van der Waals surface area contributed by atoms with Crippen LogP contribution in [0, 0.1) is 2.88 Å². The Morgan fingerprint density at radius 3 is 2.67 bits per heavy atom. The van der Waals surface area contributed by atoms with Crippen LogP contribution in [0.4, 0.5) is 0 Å². The Kier molecular flexibility index (Phi) is 6.84. The van der Waals surface area contributed by atoms with Gasteiger partial charge in [0.2, 0.25) is 0 Å². The standard InChI is InChI=1S/C12H19IOS/c1-2-3-4-5-6-7-11(14)10-8-12(13)15-9-10/h8-9,11,14H,2-7H2,1H3. The minimum Gasteiger partial charge on any atom is -0.388 e. The smallest absolute Gasteiger partial charge is 0.0798 e. The fraction of sp³-hybridized carbons (Fsp3) is 0.667. The summed E-state index contributed by atoms with van der Waals surface area (Å²) in [6.07, 6.45) is 6.99. The van der Waals surface area contributed by atoms with E-state index in [1.165, 1.54) is 28.6 Å².